The van der Waals surface area contributed by atoms with Crippen molar-refractivity contribution in [3.8, 4) is 0 Å². The summed E-state index contributed by atoms with van der Waals surface area (Å²) in [5.74, 6) is 0. The van der Waals surface area contributed by atoms with Gasteiger partial charge in [-0.3, -0.25) is 9.88 Å². The van der Waals surface area contributed by atoms with Crippen molar-refractivity contribution in [3.05, 3.63) is 42.0 Å². The third-order valence-corrected chi connectivity index (χ3v) is 5.97. The van der Waals surface area contributed by atoms with Crippen molar-refractivity contribution in [1.82, 2.24) is 35.1 Å². The van der Waals surface area contributed by atoms with E-state index in [0.29, 0.717) is 12.1 Å². The fraction of sp³-hybridized carbons (Fsp3) is 0.619. The van der Waals surface area contributed by atoms with Gasteiger partial charge in [0.15, 0.2) is 0 Å². The van der Waals surface area contributed by atoms with Crippen molar-refractivity contribution in [2.75, 3.05) is 26.2 Å². The van der Waals surface area contributed by atoms with Gasteiger partial charge in [0.2, 0.25) is 0 Å². The maximum atomic E-state index is 12.1. The Morgan fingerprint density at radius 3 is 2.83 bits per heavy atom. The zero-order valence-electron chi connectivity index (χ0n) is 17.2. The van der Waals surface area contributed by atoms with E-state index < -0.39 is 0 Å². The minimum atomic E-state index is 0.0548. The van der Waals surface area contributed by atoms with Gasteiger partial charge in [-0.2, -0.15) is 0 Å². The van der Waals surface area contributed by atoms with Crippen molar-refractivity contribution in [2.45, 2.75) is 57.7 Å². The number of hydrogen-bond donors (Lipinski definition) is 1. The number of carbonyl (C=O) groups excluding carboxylic acids is 1. The Balaban J connectivity index is 1.32. The van der Waals surface area contributed by atoms with E-state index in [1.165, 1.54) is 6.42 Å². The summed E-state index contributed by atoms with van der Waals surface area (Å²) in [6, 6.07) is 6.88. The van der Waals surface area contributed by atoms with Gasteiger partial charge in [-0.15, -0.1) is 5.10 Å². The molecule has 0 aromatic carbocycles. The van der Waals surface area contributed by atoms with Gasteiger partial charge in [-0.25, -0.2) is 9.48 Å². The van der Waals surface area contributed by atoms with Crippen LogP contribution in [0.4, 0.5) is 4.79 Å². The zero-order valence-corrected chi connectivity index (χ0v) is 17.2. The topological polar surface area (TPSA) is 79.2 Å². The van der Waals surface area contributed by atoms with Crippen LogP contribution in [0.25, 0.3) is 0 Å². The van der Waals surface area contributed by atoms with E-state index in [4.69, 9.17) is 0 Å². The summed E-state index contributed by atoms with van der Waals surface area (Å²) in [4.78, 5) is 21.0. The van der Waals surface area contributed by atoms with Crippen LogP contribution in [0.5, 0.6) is 0 Å². The molecule has 156 valence electrons. The number of urea groups is 1. The average molecular weight is 398 g/mol. The van der Waals surface area contributed by atoms with Crippen LogP contribution in [0.1, 0.15) is 62.5 Å². The van der Waals surface area contributed by atoms with Crippen LogP contribution in [0, 0.1) is 0 Å². The molecule has 2 amide bonds. The monoisotopic (exact) mass is 397 g/mol. The summed E-state index contributed by atoms with van der Waals surface area (Å²) in [6.07, 6.45) is 9.09. The summed E-state index contributed by atoms with van der Waals surface area (Å²) in [7, 11) is 0. The number of nitrogens with zero attached hydrogens (tertiary/aromatic N) is 6. The van der Waals surface area contributed by atoms with Gasteiger partial charge in [0.05, 0.1) is 29.7 Å². The molecule has 2 aliphatic rings. The normalized spacial score (nSPS) is 20.9. The summed E-state index contributed by atoms with van der Waals surface area (Å²) < 4.78 is 2.00. The van der Waals surface area contributed by atoms with Crippen LogP contribution in [-0.4, -0.2) is 62.0 Å². The lowest BCUT2D eigenvalue weighted by atomic mass is 10.1. The number of amides is 2. The Kier molecular flexibility index (Phi) is 6.39. The van der Waals surface area contributed by atoms with Gasteiger partial charge < -0.3 is 10.2 Å². The number of hydrogen-bond acceptors (Lipinski definition) is 5. The minimum Gasteiger partial charge on any atom is -0.338 e. The number of aromatic nitrogens is 4. The van der Waals surface area contributed by atoms with Gasteiger partial charge in [0.25, 0.3) is 0 Å². The maximum absolute atomic E-state index is 12.1. The lowest BCUT2D eigenvalue weighted by molar-refractivity contribution is 0.168. The highest BCUT2D eigenvalue weighted by Crippen LogP contribution is 2.31. The van der Waals surface area contributed by atoms with Crippen molar-refractivity contribution in [2.24, 2.45) is 0 Å². The fourth-order valence-corrected chi connectivity index (χ4v) is 4.37. The average Bonchev–Trinajstić information content (AvgIpc) is 3.43. The van der Waals surface area contributed by atoms with Gasteiger partial charge >= 0.3 is 6.03 Å². The van der Waals surface area contributed by atoms with Crippen molar-refractivity contribution in [1.29, 1.82) is 0 Å². The first-order valence-electron chi connectivity index (χ1n) is 10.8. The first-order valence-corrected chi connectivity index (χ1v) is 10.8. The number of nitrogens with one attached hydrogen (secondary N) is 1. The predicted octanol–water partition coefficient (Wildman–Crippen LogP) is 2.77. The molecule has 8 nitrogen and oxygen atoms in total. The van der Waals surface area contributed by atoms with Gasteiger partial charge in [0.1, 0.15) is 0 Å². The van der Waals surface area contributed by atoms with Crippen molar-refractivity contribution >= 4 is 6.03 Å². The molecule has 2 saturated heterocycles. The van der Waals surface area contributed by atoms with E-state index in [2.05, 4.69) is 50.8 Å². The fourth-order valence-electron chi connectivity index (χ4n) is 4.37. The molecule has 0 aliphatic carbocycles. The van der Waals surface area contributed by atoms with Gasteiger partial charge in [-0.05, 0) is 50.8 Å². The Bertz CT molecular complexity index is 785. The molecule has 8 heteroatoms. The second kappa shape index (κ2) is 9.35. The number of piperidine rings is 1. The van der Waals surface area contributed by atoms with E-state index in [0.717, 1.165) is 69.8 Å². The number of rotatable bonds is 6. The van der Waals surface area contributed by atoms with Crippen LogP contribution >= 0.6 is 0 Å². The summed E-state index contributed by atoms with van der Waals surface area (Å²) >= 11 is 0. The first-order chi connectivity index (χ1) is 14.2. The molecule has 0 radical (unpaired) electrons. The van der Waals surface area contributed by atoms with E-state index in [-0.39, 0.29) is 6.03 Å². The van der Waals surface area contributed by atoms with Gasteiger partial charge in [0, 0.05) is 32.4 Å². The Morgan fingerprint density at radius 1 is 1.21 bits per heavy atom. The van der Waals surface area contributed by atoms with Crippen LogP contribution in [-0.2, 0) is 6.54 Å². The zero-order chi connectivity index (χ0) is 20.1. The molecule has 2 aromatic heterocycles. The minimum absolute atomic E-state index is 0.0548. The third kappa shape index (κ3) is 4.75. The van der Waals surface area contributed by atoms with Crippen molar-refractivity contribution < 1.29 is 4.79 Å². The number of carbonyl (C=O) groups is 1. The molecule has 2 aliphatic heterocycles. The van der Waals surface area contributed by atoms with E-state index in [1.54, 1.807) is 0 Å². The predicted molar refractivity (Wildman–Crippen MR) is 110 cm³/mol. The molecule has 2 aromatic rings. The number of pyridine rings is 1. The number of likely N-dealkylation sites (tertiary alicyclic amines) is 2. The van der Waals surface area contributed by atoms with E-state index in [1.807, 2.05) is 21.8 Å². The molecular weight excluding hydrogens is 366 g/mol. The smallest absolute Gasteiger partial charge is 0.317 e. The third-order valence-electron chi connectivity index (χ3n) is 5.97. The SMILES string of the molecule is CCCNC(=O)N1CCC(n2cc(CN3CCCC3c3ccccn3)nn2)CC1. The molecule has 1 unspecified atom stereocenters. The van der Waals surface area contributed by atoms with E-state index >= 15 is 0 Å². The quantitative estimate of drug-likeness (QED) is 0.811. The summed E-state index contributed by atoms with van der Waals surface area (Å²) in [5.41, 5.74) is 2.15. The second-order valence-electron chi connectivity index (χ2n) is 8.02. The molecule has 0 bridgehead atoms. The highest BCUT2D eigenvalue weighted by molar-refractivity contribution is 5.74. The van der Waals surface area contributed by atoms with Crippen LogP contribution < -0.4 is 5.32 Å². The van der Waals surface area contributed by atoms with Crippen LogP contribution in [0.3, 0.4) is 0 Å². The molecule has 29 heavy (non-hydrogen) atoms. The lowest BCUT2D eigenvalue weighted by Crippen LogP contribution is -2.45. The molecule has 4 rings (SSSR count). The molecule has 1 atom stereocenters. The lowest BCUT2D eigenvalue weighted by Gasteiger charge is -2.31. The molecule has 4 heterocycles. The first kappa shape index (κ1) is 19.8. The highest BCUT2D eigenvalue weighted by atomic mass is 16.2. The highest BCUT2D eigenvalue weighted by Gasteiger charge is 2.28. The Hall–Kier alpha value is -2.48. The van der Waals surface area contributed by atoms with E-state index in [9.17, 15) is 4.79 Å². The summed E-state index contributed by atoms with van der Waals surface area (Å²) in [5, 5.41) is 11.8. The Morgan fingerprint density at radius 2 is 2.07 bits per heavy atom. The summed E-state index contributed by atoms with van der Waals surface area (Å²) in [6.45, 7) is 6.21. The largest absolute Gasteiger partial charge is 0.338 e. The standard InChI is InChI=1S/C21H31N7O/c1-2-10-23-21(29)26-13-8-18(9-14-26)28-16-17(24-25-28)15-27-12-5-7-20(27)19-6-3-4-11-22-19/h3-4,6,11,16,18,20H,2,5,7-10,12-15H2,1H3,(H,23,29). The molecule has 0 spiro atoms. The second-order valence-corrected chi connectivity index (χ2v) is 8.02. The molecular formula is C21H31N7O. The molecule has 0 saturated carbocycles. The van der Waals surface area contributed by atoms with Crippen molar-refractivity contribution in [3.63, 3.8) is 0 Å². The maximum Gasteiger partial charge on any atom is 0.317 e. The van der Waals surface area contributed by atoms with Gasteiger partial charge in [-0.1, -0.05) is 18.2 Å². The Labute approximate surface area is 172 Å². The van der Waals surface area contributed by atoms with Crippen LogP contribution in [0.2, 0.25) is 0 Å². The molecule has 2 fully saturated rings. The molecule has 1 N–H and O–H groups in total. The van der Waals surface area contributed by atoms with Crippen LogP contribution in [0.15, 0.2) is 30.6 Å².